The van der Waals surface area contributed by atoms with E-state index >= 15 is 0 Å². The first-order chi connectivity index (χ1) is 12.6. The van der Waals surface area contributed by atoms with Crippen molar-refractivity contribution >= 4 is 17.6 Å². The van der Waals surface area contributed by atoms with Crippen LogP contribution in [-0.4, -0.2) is 31.7 Å². The third-order valence-corrected chi connectivity index (χ3v) is 3.62. The van der Waals surface area contributed by atoms with E-state index in [0.717, 1.165) is 0 Å². The summed E-state index contributed by atoms with van der Waals surface area (Å²) in [6, 6.07) is 13.6. The maximum absolute atomic E-state index is 11.9. The van der Waals surface area contributed by atoms with Gasteiger partial charge in [-0.15, -0.1) is 0 Å². The van der Waals surface area contributed by atoms with Gasteiger partial charge in [-0.05, 0) is 42.0 Å². The number of anilines is 1. The standard InChI is InChI=1S/C19H16N2O5/c20-11-13-1-4-15(5-2-13)21-18(22)12-26-19(23)10-14-3-6-16-17(9-14)25-8-7-24-16/h1-6,9H,7-8,10,12H2,(H,21,22). The Labute approximate surface area is 150 Å². The van der Waals surface area contributed by atoms with Crippen LogP contribution in [0.15, 0.2) is 42.5 Å². The summed E-state index contributed by atoms with van der Waals surface area (Å²) in [5.74, 6) is 0.275. The van der Waals surface area contributed by atoms with Crippen LogP contribution >= 0.6 is 0 Å². The van der Waals surface area contributed by atoms with Gasteiger partial charge in [0.1, 0.15) is 13.2 Å². The molecule has 0 spiro atoms. The Hall–Kier alpha value is -3.53. The molecule has 132 valence electrons. The van der Waals surface area contributed by atoms with E-state index < -0.39 is 11.9 Å². The second kappa shape index (κ2) is 8.03. The van der Waals surface area contributed by atoms with E-state index in [0.29, 0.717) is 41.5 Å². The molecule has 3 rings (SSSR count). The molecule has 0 aromatic heterocycles. The molecule has 26 heavy (non-hydrogen) atoms. The highest BCUT2D eigenvalue weighted by Crippen LogP contribution is 2.30. The number of benzene rings is 2. The molecular formula is C19H16N2O5. The molecule has 0 radical (unpaired) electrons. The number of rotatable bonds is 5. The number of nitrogens with one attached hydrogen (secondary N) is 1. The lowest BCUT2D eigenvalue weighted by Gasteiger charge is -2.18. The van der Waals surface area contributed by atoms with E-state index in [1.807, 2.05) is 6.07 Å². The Morgan fingerprint density at radius 2 is 1.81 bits per heavy atom. The minimum absolute atomic E-state index is 0.0286. The summed E-state index contributed by atoms with van der Waals surface area (Å²) in [7, 11) is 0. The molecule has 0 bridgehead atoms. The van der Waals surface area contributed by atoms with Crippen LogP contribution in [0.1, 0.15) is 11.1 Å². The molecule has 0 atom stereocenters. The zero-order valence-corrected chi connectivity index (χ0v) is 13.9. The number of nitrogens with zero attached hydrogens (tertiary/aromatic N) is 1. The second-order valence-corrected chi connectivity index (χ2v) is 5.55. The molecule has 1 heterocycles. The van der Waals surface area contributed by atoms with E-state index in [1.165, 1.54) is 0 Å². The van der Waals surface area contributed by atoms with E-state index in [9.17, 15) is 9.59 Å². The van der Waals surface area contributed by atoms with Gasteiger partial charge in [0, 0.05) is 5.69 Å². The number of hydrogen-bond donors (Lipinski definition) is 1. The molecule has 1 aliphatic rings. The number of amides is 1. The summed E-state index contributed by atoms with van der Waals surface area (Å²) in [6.07, 6.45) is 0.0286. The van der Waals surface area contributed by atoms with Crippen LogP contribution in [0.4, 0.5) is 5.69 Å². The average molecular weight is 352 g/mol. The molecule has 0 saturated carbocycles. The molecule has 0 unspecified atom stereocenters. The Balaban J connectivity index is 1.47. The van der Waals surface area contributed by atoms with E-state index in [2.05, 4.69) is 5.32 Å². The Morgan fingerprint density at radius 3 is 2.54 bits per heavy atom. The Bertz CT molecular complexity index is 855. The van der Waals surface area contributed by atoms with Gasteiger partial charge in [0.15, 0.2) is 18.1 Å². The van der Waals surface area contributed by atoms with Gasteiger partial charge >= 0.3 is 5.97 Å². The van der Waals surface area contributed by atoms with Crippen LogP contribution in [0, 0.1) is 11.3 Å². The van der Waals surface area contributed by atoms with Crippen molar-refractivity contribution in [2.75, 3.05) is 25.1 Å². The van der Waals surface area contributed by atoms with Gasteiger partial charge in [-0.1, -0.05) is 6.07 Å². The third kappa shape index (κ3) is 4.51. The van der Waals surface area contributed by atoms with Crippen molar-refractivity contribution in [1.82, 2.24) is 0 Å². The van der Waals surface area contributed by atoms with Crippen molar-refractivity contribution < 1.29 is 23.8 Å². The molecule has 1 aliphatic heterocycles. The second-order valence-electron chi connectivity index (χ2n) is 5.55. The van der Waals surface area contributed by atoms with Crippen LogP contribution in [0.25, 0.3) is 0 Å². The zero-order chi connectivity index (χ0) is 18.4. The van der Waals surface area contributed by atoms with Crippen LogP contribution in [0.5, 0.6) is 11.5 Å². The van der Waals surface area contributed by atoms with Crippen molar-refractivity contribution in [2.24, 2.45) is 0 Å². The van der Waals surface area contributed by atoms with Gasteiger partial charge < -0.3 is 19.5 Å². The summed E-state index contributed by atoms with van der Waals surface area (Å²) >= 11 is 0. The molecule has 7 nitrogen and oxygen atoms in total. The third-order valence-electron chi connectivity index (χ3n) is 3.62. The molecule has 0 aliphatic carbocycles. The van der Waals surface area contributed by atoms with Crippen LogP contribution in [0.2, 0.25) is 0 Å². The maximum Gasteiger partial charge on any atom is 0.310 e. The van der Waals surface area contributed by atoms with E-state index in [4.69, 9.17) is 19.5 Å². The Morgan fingerprint density at radius 1 is 1.08 bits per heavy atom. The predicted octanol–water partition coefficient (Wildman–Crippen LogP) is 2.05. The maximum atomic E-state index is 11.9. The van der Waals surface area contributed by atoms with Crippen molar-refractivity contribution in [3.8, 4) is 17.6 Å². The SMILES string of the molecule is N#Cc1ccc(NC(=O)COC(=O)Cc2ccc3c(c2)OCCO3)cc1. The largest absolute Gasteiger partial charge is 0.486 e. The van der Waals surface area contributed by atoms with Crippen molar-refractivity contribution in [3.05, 3.63) is 53.6 Å². The molecule has 1 amide bonds. The lowest BCUT2D eigenvalue weighted by atomic mass is 10.1. The highest BCUT2D eigenvalue weighted by Gasteiger charge is 2.14. The summed E-state index contributed by atoms with van der Waals surface area (Å²) in [6.45, 7) is 0.586. The van der Waals surface area contributed by atoms with Gasteiger partial charge in [0.2, 0.25) is 0 Å². The zero-order valence-electron chi connectivity index (χ0n) is 13.9. The fraction of sp³-hybridized carbons (Fsp3) is 0.211. The molecule has 1 N–H and O–H groups in total. The first-order valence-electron chi connectivity index (χ1n) is 7.98. The van der Waals surface area contributed by atoms with Crippen molar-refractivity contribution in [3.63, 3.8) is 0 Å². The van der Waals surface area contributed by atoms with Gasteiger partial charge in [-0.25, -0.2) is 0 Å². The highest BCUT2D eigenvalue weighted by atomic mass is 16.6. The van der Waals surface area contributed by atoms with Crippen molar-refractivity contribution in [1.29, 1.82) is 5.26 Å². The van der Waals surface area contributed by atoms with Gasteiger partial charge in [0.05, 0.1) is 18.1 Å². The topological polar surface area (TPSA) is 97.7 Å². The number of esters is 1. The number of hydrogen-bond acceptors (Lipinski definition) is 6. The average Bonchev–Trinajstić information content (AvgIpc) is 2.67. The van der Waals surface area contributed by atoms with Gasteiger partial charge in [-0.3, -0.25) is 9.59 Å². The summed E-state index contributed by atoms with van der Waals surface area (Å²) in [4.78, 5) is 23.7. The number of fused-ring (bicyclic) bond motifs is 1. The summed E-state index contributed by atoms with van der Waals surface area (Å²) in [5, 5.41) is 11.3. The molecule has 0 saturated heterocycles. The molecule has 2 aromatic carbocycles. The van der Waals surface area contributed by atoms with Crippen LogP contribution in [-0.2, 0) is 20.7 Å². The van der Waals surface area contributed by atoms with Gasteiger partial charge in [0.25, 0.3) is 5.91 Å². The highest BCUT2D eigenvalue weighted by molar-refractivity contribution is 5.92. The molecular weight excluding hydrogens is 336 g/mol. The fourth-order valence-electron chi connectivity index (χ4n) is 2.39. The summed E-state index contributed by atoms with van der Waals surface area (Å²) < 4.78 is 15.9. The predicted molar refractivity (Wildman–Crippen MR) is 91.9 cm³/mol. The Kier molecular flexibility index (Phi) is 5.34. The normalized spacial score (nSPS) is 12.0. The molecule has 0 fully saturated rings. The number of carbonyl (C=O) groups excluding carboxylic acids is 2. The fourth-order valence-corrected chi connectivity index (χ4v) is 2.39. The quantitative estimate of drug-likeness (QED) is 0.827. The minimum atomic E-state index is -0.517. The number of nitriles is 1. The van der Waals surface area contributed by atoms with Gasteiger partial charge in [-0.2, -0.15) is 5.26 Å². The van der Waals surface area contributed by atoms with E-state index in [-0.39, 0.29) is 13.0 Å². The lowest BCUT2D eigenvalue weighted by Crippen LogP contribution is -2.21. The first kappa shape index (κ1) is 17.3. The molecule has 7 heteroatoms. The number of ether oxygens (including phenoxy) is 3. The lowest BCUT2D eigenvalue weighted by molar-refractivity contribution is -0.146. The first-order valence-corrected chi connectivity index (χ1v) is 7.98. The van der Waals surface area contributed by atoms with E-state index in [1.54, 1.807) is 42.5 Å². The van der Waals surface area contributed by atoms with Crippen LogP contribution in [0.3, 0.4) is 0 Å². The van der Waals surface area contributed by atoms with Crippen molar-refractivity contribution in [2.45, 2.75) is 6.42 Å². The van der Waals surface area contributed by atoms with Crippen LogP contribution < -0.4 is 14.8 Å². The monoisotopic (exact) mass is 352 g/mol. The molecule has 2 aromatic rings. The number of carbonyl (C=O) groups is 2. The summed E-state index contributed by atoms with van der Waals surface area (Å²) in [5.41, 5.74) is 1.73. The smallest absolute Gasteiger partial charge is 0.310 e. The minimum Gasteiger partial charge on any atom is -0.486 e.